The van der Waals surface area contributed by atoms with Crippen LogP contribution < -0.4 is 0 Å². The minimum absolute atomic E-state index is 0.148. The number of fused-ring (bicyclic) bond motifs is 1. The molecule has 1 aliphatic carbocycles. The van der Waals surface area contributed by atoms with Gasteiger partial charge in [-0.2, -0.15) is 4.99 Å². The monoisotopic (exact) mass is 235 g/mol. The van der Waals surface area contributed by atoms with E-state index in [2.05, 4.69) is 4.99 Å². The normalized spacial score (nSPS) is 16.8. The number of nitrogens with zero attached hydrogens (tertiary/aromatic N) is 1. The number of benzene rings is 1. The summed E-state index contributed by atoms with van der Waals surface area (Å²) in [5.41, 5.74) is -1.06. The summed E-state index contributed by atoms with van der Waals surface area (Å²) in [4.78, 5) is 13.8. The summed E-state index contributed by atoms with van der Waals surface area (Å²) < 4.78 is 32.9. The Kier molecular flexibility index (Phi) is 1.94. The van der Waals surface area contributed by atoms with Crippen molar-refractivity contribution in [3.8, 4) is 0 Å². The fraction of sp³-hybridized carbons (Fsp3) is 0.250. The molecule has 1 heterocycles. The molecule has 0 amide bonds. The van der Waals surface area contributed by atoms with E-state index in [0.29, 0.717) is 12.8 Å². The van der Waals surface area contributed by atoms with Crippen molar-refractivity contribution in [1.29, 1.82) is 0 Å². The first-order chi connectivity index (χ1) is 8.18. The highest BCUT2D eigenvalue weighted by atomic mass is 19.1. The SMILES string of the molecule is O=C=NC1(c2c(F)cc3occc3c2F)CC1. The van der Waals surface area contributed by atoms with Crippen LogP contribution in [-0.4, -0.2) is 6.08 Å². The Morgan fingerprint density at radius 3 is 2.82 bits per heavy atom. The van der Waals surface area contributed by atoms with E-state index < -0.39 is 17.2 Å². The fourth-order valence-electron chi connectivity index (χ4n) is 2.09. The van der Waals surface area contributed by atoms with Crippen molar-refractivity contribution < 1.29 is 18.0 Å². The minimum atomic E-state index is -1.05. The molecular formula is C12H7F2NO2. The molecule has 1 fully saturated rings. The Morgan fingerprint density at radius 1 is 1.41 bits per heavy atom. The van der Waals surface area contributed by atoms with Crippen molar-refractivity contribution in [1.82, 2.24) is 0 Å². The molecule has 3 rings (SSSR count). The van der Waals surface area contributed by atoms with Crippen molar-refractivity contribution in [3.05, 3.63) is 35.6 Å². The number of hydrogen-bond donors (Lipinski definition) is 0. The smallest absolute Gasteiger partial charge is 0.235 e. The zero-order valence-electron chi connectivity index (χ0n) is 8.67. The van der Waals surface area contributed by atoms with Gasteiger partial charge in [-0.05, 0) is 18.9 Å². The summed E-state index contributed by atoms with van der Waals surface area (Å²) in [6, 6.07) is 2.54. The van der Waals surface area contributed by atoms with Gasteiger partial charge in [-0.25, -0.2) is 13.6 Å². The highest BCUT2D eigenvalue weighted by Crippen LogP contribution is 2.51. The van der Waals surface area contributed by atoms with Gasteiger partial charge in [-0.3, -0.25) is 0 Å². The molecule has 1 aromatic heterocycles. The Morgan fingerprint density at radius 2 is 2.18 bits per heavy atom. The zero-order valence-corrected chi connectivity index (χ0v) is 8.67. The van der Waals surface area contributed by atoms with E-state index in [4.69, 9.17) is 4.42 Å². The van der Waals surface area contributed by atoms with Crippen LogP contribution in [0.5, 0.6) is 0 Å². The van der Waals surface area contributed by atoms with Gasteiger partial charge in [0.05, 0.1) is 17.2 Å². The van der Waals surface area contributed by atoms with E-state index in [9.17, 15) is 13.6 Å². The number of isocyanates is 1. The molecule has 0 unspecified atom stereocenters. The molecule has 2 aromatic rings. The van der Waals surface area contributed by atoms with E-state index in [-0.39, 0.29) is 16.5 Å². The van der Waals surface area contributed by atoms with Crippen LogP contribution in [0.1, 0.15) is 18.4 Å². The molecular weight excluding hydrogens is 228 g/mol. The van der Waals surface area contributed by atoms with Gasteiger partial charge in [0.1, 0.15) is 22.8 Å². The number of hydrogen-bond acceptors (Lipinski definition) is 3. The maximum atomic E-state index is 14.1. The number of furan rings is 1. The molecule has 0 aliphatic heterocycles. The van der Waals surface area contributed by atoms with E-state index in [0.717, 1.165) is 6.07 Å². The van der Waals surface area contributed by atoms with E-state index >= 15 is 0 Å². The topological polar surface area (TPSA) is 42.6 Å². The molecule has 0 bridgehead atoms. The quantitative estimate of drug-likeness (QED) is 0.593. The summed E-state index contributed by atoms with van der Waals surface area (Å²) in [5, 5.41) is 0.203. The van der Waals surface area contributed by atoms with Crippen LogP contribution in [0, 0.1) is 11.6 Å². The van der Waals surface area contributed by atoms with Crippen molar-refractivity contribution in [2.45, 2.75) is 18.4 Å². The molecule has 0 saturated heterocycles. The third-order valence-electron chi connectivity index (χ3n) is 3.10. The van der Waals surface area contributed by atoms with Crippen LogP contribution in [0.3, 0.4) is 0 Å². The standard InChI is InChI=1S/C12H7F2NO2/c13-8-5-9-7(1-4-17-9)11(14)10(8)12(2-3-12)15-6-16/h1,4-5H,2-3H2. The van der Waals surface area contributed by atoms with Gasteiger partial charge in [-0.1, -0.05) is 0 Å². The second-order valence-corrected chi connectivity index (χ2v) is 4.11. The van der Waals surface area contributed by atoms with Crippen LogP contribution in [0.15, 0.2) is 27.8 Å². The van der Waals surface area contributed by atoms with Crippen LogP contribution in [0.25, 0.3) is 11.0 Å². The van der Waals surface area contributed by atoms with Gasteiger partial charge in [0, 0.05) is 6.07 Å². The molecule has 86 valence electrons. The molecule has 0 radical (unpaired) electrons. The van der Waals surface area contributed by atoms with E-state index in [1.165, 1.54) is 18.4 Å². The zero-order chi connectivity index (χ0) is 12.0. The van der Waals surface area contributed by atoms with Gasteiger partial charge in [0.2, 0.25) is 6.08 Å². The highest BCUT2D eigenvalue weighted by molar-refractivity contribution is 5.79. The lowest BCUT2D eigenvalue weighted by Gasteiger charge is -2.11. The van der Waals surface area contributed by atoms with Crippen molar-refractivity contribution >= 4 is 17.0 Å². The van der Waals surface area contributed by atoms with Crippen LogP contribution in [0.4, 0.5) is 8.78 Å². The Labute approximate surface area is 94.7 Å². The van der Waals surface area contributed by atoms with E-state index in [1.54, 1.807) is 0 Å². The summed E-state index contributed by atoms with van der Waals surface area (Å²) >= 11 is 0. The average Bonchev–Trinajstić information content (AvgIpc) is 2.89. The molecule has 5 heteroatoms. The maximum Gasteiger partial charge on any atom is 0.235 e. The highest BCUT2D eigenvalue weighted by Gasteiger charge is 2.49. The van der Waals surface area contributed by atoms with Gasteiger partial charge < -0.3 is 4.42 Å². The lowest BCUT2D eigenvalue weighted by molar-refractivity contribution is 0.517. The fourth-order valence-corrected chi connectivity index (χ4v) is 2.09. The van der Waals surface area contributed by atoms with Crippen molar-refractivity contribution in [2.24, 2.45) is 4.99 Å². The van der Waals surface area contributed by atoms with Gasteiger partial charge in [0.15, 0.2) is 0 Å². The summed E-state index contributed by atoms with van der Waals surface area (Å²) in [7, 11) is 0. The molecule has 0 N–H and O–H groups in total. The second kappa shape index (κ2) is 3.25. The molecule has 0 atom stereocenters. The van der Waals surface area contributed by atoms with Crippen LogP contribution in [-0.2, 0) is 10.3 Å². The number of carbonyl (C=O) groups excluding carboxylic acids is 1. The molecule has 1 saturated carbocycles. The van der Waals surface area contributed by atoms with Crippen molar-refractivity contribution in [2.75, 3.05) is 0 Å². The Hall–Kier alpha value is -2.00. The van der Waals surface area contributed by atoms with Gasteiger partial charge in [0.25, 0.3) is 0 Å². The Balaban J connectivity index is 2.32. The average molecular weight is 235 g/mol. The molecule has 0 spiro atoms. The maximum absolute atomic E-state index is 14.1. The third-order valence-corrected chi connectivity index (χ3v) is 3.10. The number of rotatable bonds is 2. The number of aliphatic imine (C=N–C) groups is 1. The predicted octanol–water partition coefficient (Wildman–Crippen LogP) is 3.04. The lowest BCUT2D eigenvalue weighted by Crippen LogP contribution is -2.09. The largest absolute Gasteiger partial charge is 0.464 e. The summed E-state index contributed by atoms with van der Waals surface area (Å²) in [5.74, 6) is -1.44. The lowest BCUT2D eigenvalue weighted by atomic mass is 10.0. The van der Waals surface area contributed by atoms with Gasteiger partial charge >= 0.3 is 0 Å². The van der Waals surface area contributed by atoms with Gasteiger partial charge in [-0.15, -0.1) is 0 Å². The first kappa shape index (κ1) is 10.2. The molecule has 17 heavy (non-hydrogen) atoms. The third kappa shape index (κ3) is 1.33. The minimum Gasteiger partial charge on any atom is -0.464 e. The predicted molar refractivity (Wildman–Crippen MR) is 55.2 cm³/mol. The Bertz CT molecular complexity index is 652. The van der Waals surface area contributed by atoms with Crippen LogP contribution in [0.2, 0.25) is 0 Å². The second-order valence-electron chi connectivity index (χ2n) is 4.11. The molecule has 1 aromatic carbocycles. The van der Waals surface area contributed by atoms with Crippen LogP contribution >= 0.6 is 0 Å². The molecule has 3 nitrogen and oxygen atoms in total. The molecule has 1 aliphatic rings. The number of halogens is 2. The van der Waals surface area contributed by atoms with Crippen molar-refractivity contribution in [3.63, 3.8) is 0 Å². The summed E-state index contributed by atoms with van der Waals surface area (Å²) in [6.45, 7) is 0. The first-order valence-corrected chi connectivity index (χ1v) is 5.13. The summed E-state index contributed by atoms with van der Waals surface area (Å²) in [6.07, 6.45) is 3.59. The first-order valence-electron chi connectivity index (χ1n) is 5.13. The van der Waals surface area contributed by atoms with E-state index in [1.807, 2.05) is 0 Å².